The van der Waals surface area contributed by atoms with Crippen molar-refractivity contribution < 1.29 is 4.79 Å². The molecule has 0 aromatic heterocycles. The smallest absolute Gasteiger partial charge is 0.267 e. The van der Waals surface area contributed by atoms with Crippen LogP contribution in [0.15, 0.2) is 16.6 Å². The van der Waals surface area contributed by atoms with Crippen molar-refractivity contribution in [3.05, 3.63) is 11.6 Å². The van der Waals surface area contributed by atoms with Gasteiger partial charge in [0.2, 0.25) is 0 Å². The van der Waals surface area contributed by atoms with Crippen molar-refractivity contribution in [3.63, 3.8) is 0 Å². The first-order valence-corrected chi connectivity index (χ1v) is 3.32. The van der Waals surface area contributed by atoms with E-state index in [1.807, 2.05) is 13.0 Å². The molecule has 0 saturated carbocycles. The van der Waals surface area contributed by atoms with E-state index in [1.54, 1.807) is 13.0 Å². The number of nitrogens with zero attached hydrogens (tertiary/aromatic N) is 2. The zero-order valence-corrected chi connectivity index (χ0v) is 6.46. The normalized spacial score (nSPS) is 23.7. The summed E-state index contributed by atoms with van der Waals surface area (Å²) in [6, 6.07) is 1.87. The van der Waals surface area contributed by atoms with E-state index in [0.29, 0.717) is 5.71 Å². The van der Waals surface area contributed by atoms with Gasteiger partial charge in [0.15, 0.2) is 0 Å². The summed E-state index contributed by atoms with van der Waals surface area (Å²) in [6.07, 6.45) is 1.64. The molecule has 56 valence electrons. The Kier molecular flexibility index (Phi) is 1.86. The second kappa shape index (κ2) is 2.67. The molecule has 1 rings (SSSR count). The predicted octanol–water partition coefficient (Wildman–Crippen LogP) is 1.07. The van der Waals surface area contributed by atoms with Crippen molar-refractivity contribution >= 4 is 11.6 Å². The van der Waals surface area contributed by atoms with E-state index in [2.05, 4.69) is 4.99 Å². The van der Waals surface area contributed by atoms with Gasteiger partial charge in [-0.25, -0.2) is 4.99 Å². The van der Waals surface area contributed by atoms with Gasteiger partial charge in [-0.15, -0.1) is 0 Å². The molecule has 1 amide bonds. The second-order valence-electron chi connectivity index (χ2n) is 2.49. The van der Waals surface area contributed by atoms with Crippen LogP contribution in [0.5, 0.6) is 0 Å². The zero-order valence-electron chi connectivity index (χ0n) is 6.46. The Morgan fingerprint density at radius 1 is 1.64 bits per heavy atom. The molecule has 1 atom stereocenters. The number of aliphatic imine (C=N–C) groups is 1. The lowest BCUT2D eigenvalue weighted by molar-refractivity contribution is -0.118. The van der Waals surface area contributed by atoms with Gasteiger partial charge >= 0.3 is 0 Å². The van der Waals surface area contributed by atoms with Gasteiger partial charge in [0.05, 0.1) is 6.07 Å². The van der Waals surface area contributed by atoms with Gasteiger partial charge in [-0.3, -0.25) is 4.79 Å². The second-order valence-corrected chi connectivity index (χ2v) is 2.49. The highest BCUT2D eigenvalue weighted by atomic mass is 16.1. The fourth-order valence-corrected chi connectivity index (χ4v) is 0.857. The summed E-state index contributed by atoms with van der Waals surface area (Å²) in [7, 11) is 0. The lowest BCUT2D eigenvalue weighted by Crippen LogP contribution is -2.16. The third-order valence-corrected chi connectivity index (χ3v) is 1.67. The van der Waals surface area contributed by atoms with Crippen LogP contribution >= 0.6 is 0 Å². The van der Waals surface area contributed by atoms with E-state index in [-0.39, 0.29) is 5.91 Å². The summed E-state index contributed by atoms with van der Waals surface area (Å²) in [5, 5.41) is 8.48. The van der Waals surface area contributed by atoms with E-state index < -0.39 is 5.92 Å². The third kappa shape index (κ3) is 1.35. The molecule has 0 radical (unpaired) electrons. The molecule has 0 fully saturated rings. The summed E-state index contributed by atoms with van der Waals surface area (Å²) in [5.41, 5.74) is 1.62. The zero-order chi connectivity index (χ0) is 8.43. The monoisotopic (exact) mass is 148 g/mol. The number of nitriles is 1. The number of dihydropyridines is 1. The summed E-state index contributed by atoms with van der Waals surface area (Å²) < 4.78 is 0. The molecule has 1 heterocycles. The van der Waals surface area contributed by atoms with Gasteiger partial charge in [-0.2, -0.15) is 5.26 Å². The molecule has 3 nitrogen and oxygen atoms in total. The maximum absolute atomic E-state index is 10.9. The molecule has 0 spiro atoms. The summed E-state index contributed by atoms with van der Waals surface area (Å²) in [5.74, 6) is -1.02. The van der Waals surface area contributed by atoms with Crippen LogP contribution in [0.3, 0.4) is 0 Å². The van der Waals surface area contributed by atoms with Crippen LogP contribution in [0.2, 0.25) is 0 Å². The number of allylic oxidation sites excluding steroid dienone is 1. The van der Waals surface area contributed by atoms with Crippen LogP contribution in [0.25, 0.3) is 0 Å². The minimum absolute atomic E-state index is 0.351. The molecule has 1 unspecified atom stereocenters. The van der Waals surface area contributed by atoms with Gasteiger partial charge in [-0.1, -0.05) is 6.08 Å². The average molecular weight is 148 g/mol. The predicted molar refractivity (Wildman–Crippen MR) is 41.0 cm³/mol. The van der Waals surface area contributed by atoms with Crippen molar-refractivity contribution in [1.29, 1.82) is 5.26 Å². The van der Waals surface area contributed by atoms with Crippen molar-refractivity contribution in [3.8, 4) is 6.07 Å². The standard InChI is InChI=1S/C8H8N2O/c1-5-3-7(4-9)8(11)10-6(5)2/h3,7H,1-2H3. The largest absolute Gasteiger partial charge is 0.271 e. The lowest BCUT2D eigenvalue weighted by Gasteiger charge is -2.08. The summed E-state index contributed by atoms with van der Waals surface area (Å²) >= 11 is 0. The van der Waals surface area contributed by atoms with Gasteiger partial charge < -0.3 is 0 Å². The molecule has 11 heavy (non-hydrogen) atoms. The summed E-state index contributed by atoms with van der Waals surface area (Å²) in [4.78, 5) is 14.6. The Labute approximate surface area is 65.0 Å². The molecule has 1 aliphatic rings. The lowest BCUT2D eigenvalue weighted by atomic mass is 10.0. The Bertz CT molecular complexity index is 294. The van der Waals surface area contributed by atoms with Crippen LogP contribution in [-0.4, -0.2) is 11.6 Å². The number of rotatable bonds is 0. The van der Waals surface area contributed by atoms with Crippen LogP contribution in [0.1, 0.15) is 13.8 Å². The topological polar surface area (TPSA) is 53.2 Å². The van der Waals surface area contributed by atoms with Crippen molar-refractivity contribution in [2.45, 2.75) is 13.8 Å². The Morgan fingerprint density at radius 2 is 2.27 bits per heavy atom. The molecule has 0 aliphatic carbocycles. The molecule has 0 aromatic carbocycles. The van der Waals surface area contributed by atoms with Crippen LogP contribution < -0.4 is 0 Å². The molecule has 1 aliphatic heterocycles. The number of hydrogen-bond donors (Lipinski definition) is 0. The molecule has 0 saturated heterocycles. The Balaban J connectivity index is 3.00. The summed E-state index contributed by atoms with van der Waals surface area (Å²) in [6.45, 7) is 3.60. The first kappa shape index (κ1) is 7.67. The van der Waals surface area contributed by atoms with E-state index in [1.165, 1.54) is 0 Å². The van der Waals surface area contributed by atoms with Gasteiger partial charge in [-0.05, 0) is 19.4 Å². The highest BCUT2D eigenvalue weighted by molar-refractivity contribution is 6.08. The van der Waals surface area contributed by atoms with E-state index in [9.17, 15) is 4.79 Å². The number of amides is 1. The van der Waals surface area contributed by atoms with Crippen molar-refractivity contribution in [2.75, 3.05) is 0 Å². The van der Waals surface area contributed by atoms with Crippen LogP contribution in [0, 0.1) is 17.2 Å². The molecular weight excluding hydrogens is 140 g/mol. The van der Waals surface area contributed by atoms with E-state index in [4.69, 9.17) is 5.26 Å². The molecular formula is C8H8N2O. The Hall–Kier alpha value is -1.43. The fourth-order valence-electron chi connectivity index (χ4n) is 0.857. The van der Waals surface area contributed by atoms with E-state index >= 15 is 0 Å². The quantitative estimate of drug-likeness (QED) is 0.516. The van der Waals surface area contributed by atoms with Crippen LogP contribution in [0.4, 0.5) is 0 Å². The highest BCUT2D eigenvalue weighted by Gasteiger charge is 2.19. The van der Waals surface area contributed by atoms with E-state index in [0.717, 1.165) is 5.57 Å². The highest BCUT2D eigenvalue weighted by Crippen LogP contribution is 2.12. The van der Waals surface area contributed by atoms with Crippen molar-refractivity contribution in [2.24, 2.45) is 10.9 Å². The molecule has 0 aromatic rings. The van der Waals surface area contributed by atoms with Crippen molar-refractivity contribution in [1.82, 2.24) is 0 Å². The van der Waals surface area contributed by atoms with Gasteiger partial charge in [0.1, 0.15) is 5.92 Å². The fraction of sp³-hybridized carbons (Fsp3) is 0.375. The Morgan fingerprint density at radius 3 is 2.82 bits per heavy atom. The first-order valence-electron chi connectivity index (χ1n) is 3.32. The first-order chi connectivity index (χ1) is 5.15. The van der Waals surface area contributed by atoms with Gasteiger partial charge in [0, 0.05) is 5.71 Å². The molecule has 0 N–H and O–H groups in total. The van der Waals surface area contributed by atoms with Gasteiger partial charge in [0.25, 0.3) is 5.91 Å². The third-order valence-electron chi connectivity index (χ3n) is 1.67. The van der Waals surface area contributed by atoms with Crippen LogP contribution in [-0.2, 0) is 4.79 Å². The minimum Gasteiger partial charge on any atom is -0.271 e. The number of hydrogen-bond acceptors (Lipinski definition) is 2. The number of carbonyl (C=O) groups excluding carboxylic acids is 1. The molecule has 3 heteroatoms. The SMILES string of the molecule is CC1=CC(C#N)C(=O)N=C1C. The maximum Gasteiger partial charge on any atom is 0.267 e. The number of carbonyl (C=O) groups is 1. The maximum atomic E-state index is 10.9. The minimum atomic E-state index is -0.668. The average Bonchev–Trinajstić information content (AvgIpc) is 1.97. The molecule has 0 bridgehead atoms.